The topological polar surface area (TPSA) is 52.1 Å². The predicted octanol–water partition coefficient (Wildman–Crippen LogP) is 4.34. The van der Waals surface area contributed by atoms with E-state index in [1.807, 2.05) is 12.1 Å². The Morgan fingerprint density at radius 1 is 0.842 bits per heavy atom. The van der Waals surface area contributed by atoms with Gasteiger partial charge in [-0.1, -0.05) is 0 Å². The molecule has 3 aromatic heterocycles. The Bertz CT molecular complexity index is 1070. The van der Waals surface area contributed by atoms with Crippen LogP contribution >= 0.6 is 11.3 Å². The molecule has 0 saturated carbocycles. The van der Waals surface area contributed by atoms with Gasteiger partial charge in [-0.2, -0.15) is 0 Å². The van der Waals surface area contributed by atoms with Crippen LogP contribution in [0.4, 0.5) is 0 Å². The van der Waals surface area contributed by atoms with E-state index in [-0.39, 0.29) is 0 Å². The number of nitrogens with zero attached hydrogens (tertiary/aromatic N) is 2. The van der Waals surface area contributed by atoms with E-state index in [1.54, 1.807) is 11.3 Å². The van der Waals surface area contributed by atoms with Crippen LogP contribution in [0.3, 0.4) is 0 Å². The van der Waals surface area contributed by atoms with E-state index in [0.717, 1.165) is 37.7 Å². The van der Waals surface area contributed by atoms with Crippen LogP contribution in [0.5, 0.6) is 0 Å². The van der Waals surface area contributed by atoms with Crippen molar-refractivity contribution in [3.05, 3.63) is 37.1 Å². The van der Waals surface area contributed by atoms with E-state index in [9.17, 15) is 0 Å². The molecular weight excluding hydrogens is 260 g/mol. The van der Waals surface area contributed by atoms with Crippen molar-refractivity contribution >= 4 is 53.7 Å². The summed E-state index contributed by atoms with van der Waals surface area (Å²) < 4.78 is 13.1. The van der Waals surface area contributed by atoms with Gasteiger partial charge in [0.1, 0.15) is 11.0 Å². The summed E-state index contributed by atoms with van der Waals surface area (Å²) in [6.07, 6.45) is 2.97. The van der Waals surface area contributed by atoms with Crippen molar-refractivity contribution in [2.24, 2.45) is 0 Å². The summed E-state index contributed by atoms with van der Waals surface area (Å²) in [5.41, 5.74) is 3.45. The maximum absolute atomic E-state index is 5.38. The molecule has 0 spiro atoms. The number of rotatable bonds is 0. The van der Waals surface area contributed by atoms with Crippen LogP contribution in [0.15, 0.2) is 45.9 Å². The molecular formula is C14H6N2O2S. The fraction of sp³-hybridized carbons (Fsp3) is 0. The molecule has 5 aromatic rings. The second-order valence-electron chi connectivity index (χ2n) is 4.38. The largest absolute Gasteiger partial charge is 0.443 e. The van der Waals surface area contributed by atoms with E-state index in [0.29, 0.717) is 0 Å². The molecule has 0 fully saturated rings. The zero-order valence-corrected chi connectivity index (χ0v) is 10.4. The second kappa shape index (κ2) is 3.13. The van der Waals surface area contributed by atoms with Crippen molar-refractivity contribution in [3.8, 4) is 0 Å². The highest BCUT2D eigenvalue weighted by Gasteiger charge is 2.14. The Morgan fingerprint density at radius 3 is 2.47 bits per heavy atom. The van der Waals surface area contributed by atoms with Gasteiger partial charge < -0.3 is 8.83 Å². The number of thiophene rings is 1. The molecule has 0 radical (unpaired) electrons. The van der Waals surface area contributed by atoms with Gasteiger partial charge in [-0.25, -0.2) is 9.97 Å². The van der Waals surface area contributed by atoms with Gasteiger partial charge in [0.05, 0.1) is 4.70 Å². The molecule has 0 atom stereocenters. The Kier molecular flexibility index (Phi) is 1.57. The molecule has 5 heteroatoms. The summed E-state index contributed by atoms with van der Waals surface area (Å²) in [6, 6.07) is 8.05. The Labute approximate surface area is 110 Å². The van der Waals surface area contributed by atoms with Crippen LogP contribution in [0.2, 0.25) is 0 Å². The lowest BCUT2D eigenvalue weighted by Crippen LogP contribution is -1.72. The quantitative estimate of drug-likeness (QED) is 0.418. The van der Waals surface area contributed by atoms with Crippen LogP contribution < -0.4 is 0 Å². The third-order valence-electron chi connectivity index (χ3n) is 3.40. The molecule has 0 aliphatic heterocycles. The molecule has 0 aliphatic rings. The summed E-state index contributed by atoms with van der Waals surface area (Å²) in [5, 5.41) is 2.29. The number of aromatic nitrogens is 2. The van der Waals surface area contributed by atoms with Crippen LogP contribution in [0.25, 0.3) is 42.4 Å². The summed E-state index contributed by atoms with van der Waals surface area (Å²) in [6.45, 7) is 0. The van der Waals surface area contributed by atoms with Crippen molar-refractivity contribution in [1.82, 2.24) is 9.97 Å². The molecule has 0 aliphatic carbocycles. The third-order valence-corrected chi connectivity index (χ3v) is 4.58. The van der Waals surface area contributed by atoms with E-state index in [2.05, 4.69) is 22.1 Å². The molecule has 0 unspecified atom stereocenters. The zero-order chi connectivity index (χ0) is 12.4. The standard InChI is InChI=1S/C14H6N2O2S/c1-2-9-13(16-6-18-9)14-7(1)11-10(19-14)4-3-8-12(11)15-5-17-8/h1-6H. The van der Waals surface area contributed by atoms with Crippen molar-refractivity contribution < 1.29 is 8.83 Å². The molecule has 4 nitrogen and oxygen atoms in total. The first-order valence-electron chi connectivity index (χ1n) is 5.82. The molecule has 5 rings (SSSR count). The fourth-order valence-electron chi connectivity index (χ4n) is 2.57. The maximum Gasteiger partial charge on any atom is 0.182 e. The first-order valence-corrected chi connectivity index (χ1v) is 6.64. The lowest BCUT2D eigenvalue weighted by atomic mass is 10.1. The predicted molar refractivity (Wildman–Crippen MR) is 74.5 cm³/mol. The van der Waals surface area contributed by atoms with Gasteiger partial charge >= 0.3 is 0 Å². The molecule has 19 heavy (non-hydrogen) atoms. The van der Waals surface area contributed by atoms with Gasteiger partial charge in [-0.05, 0) is 24.3 Å². The first kappa shape index (κ1) is 9.52. The Morgan fingerprint density at radius 2 is 1.58 bits per heavy atom. The van der Waals surface area contributed by atoms with E-state index in [1.165, 1.54) is 17.5 Å². The minimum atomic E-state index is 0.812. The average Bonchev–Trinajstić information content (AvgIpc) is 3.14. The highest BCUT2D eigenvalue weighted by Crippen LogP contribution is 2.40. The zero-order valence-electron chi connectivity index (χ0n) is 9.58. The number of oxazole rings is 2. The molecule has 0 saturated heterocycles. The smallest absolute Gasteiger partial charge is 0.182 e. The highest BCUT2D eigenvalue weighted by molar-refractivity contribution is 7.26. The molecule has 0 amide bonds. The van der Waals surface area contributed by atoms with Crippen LogP contribution in [-0.2, 0) is 0 Å². The van der Waals surface area contributed by atoms with Gasteiger partial charge in [-0.3, -0.25) is 0 Å². The number of hydrogen-bond donors (Lipinski definition) is 0. The fourth-order valence-corrected chi connectivity index (χ4v) is 3.77. The van der Waals surface area contributed by atoms with Crippen molar-refractivity contribution in [1.29, 1.82) is 0 Å². The first-order chi connectivity index (χ1) is 9.42. The van der Waals surface area contributed by atoms with E-state index >= 15 is 0 Å². The second-order valence-corrected chi connectivity index (χ2v) is 5.43. The summed E-state index contributed by atoms with van der Waals surface area (Å²) >= 11 is 1.71. The van der Waals surface area contributed by atoms with Crippen LogP contribution in [-0.4, -0.2) is 9.97 Å². The average molecular weight is 266 g/mol. The number of hydrogen-bond acceptors (Lipinski definition) is 5. The highest BCUT2D eigenvalue weighted by atomic mass is 32.1. The van der Waals surface area contributed by atoms with Crippen molar-refractivity contribution in [2.75, 3.05) is 0 Å². The summed E-state index contributed by atoms with van der Waals surface area (Å²) in [5.74, 6) is 0. The van der Waals surface area contributed by atoms with Gasteiger partial charge in [0.15, 0.2) is 24.0 Å². The maximum atomic E-state index is 5.38. The van der Waals surface area contributed by atoms with E-state index in [4.69, 9.17) is 8.83 Å². The van der Waals surface area contributed by atoms with Gasteiger partial charge in [0, 0.05) is 15.5 Å². The number of fused-ring (bicyclic) bond motifs is 7. The lowest BCUT2D eigenvalue weighted by molar-refractivity contribution is 0.602. The van der Waals surface area contributed by atoms with Crippen molar-refractivity contribution in [2.45, 2.75) is 0 Å². The molecule has 2 aromatic carbocycles. The molecule has 0 bridgehead atoms. The minimum absolute atomic E-state index is 0.812. The van der Waals surface area contributed by atoms with Crippen LogP contribution in [0.1, 0.15) is 0 Å². The SMILES string of the molecule is c1nc2c(ccc3c2sc2ccc4ocnc4c23)o1. The Hall–Kier alpha value is -2.40. The van der Waals surface area contributed by atoms with Gasteiger partial charge in [0.25, 0.3) is 0 Å². The Balaban J connectivity index is 2.17. The lowest BCUT2D eigenvalue weighted by Gasteiger charge is -1.92. The third kappa shape index (κ3) is 1.08. The van der Waals surface area contributed by atoms with Gasteiger partial charge in [0.2, 0.25) is 0 Å². The van der Waals surface area contributed by atoms with E-state index < -0.39 is 0 Å². The molecule has 3 heterocycles. The number of benzene rings is 2. The van der Waals surface area contributed by atoms with Gasteiger partial charge in [-0.15, -0.1) is 11.3 Å². The summed E-state index contributed by atoms with van der Waals surface area (Å²) in [4.78, 5) is 8.64. The van der Waals surface area contributed by atoms with Crippen molar-refractivity contribution in [3.63, 3.8) is 0 Å². The molecule has 0 N–H and O–H groups in total. The molecule has 90 valence electrons. The monoisotopic (exact) mass is 266 g/mol. The normalized spacial score (nSPS) is 12.2. The summed E-state index contributed by atoms with van der Waals surface area (Å²) in [7, 11) is 0. The minimum Gasteiger partial charge on any atom is -0.443 e. The van der Waals surface area contributed by atoms with Crippen LogP contribution in [0, 0.1) is 0 Å².